The third-order valence-electron chi connectivity index (χ3n) is 4.21. The summed E-state index contributed by atoms with van der Waals surface area (Å²) in [4.78, 5) is 12.1. The zero-order chi connectivity index (χ0) is 13.7. The number of benzene rings is 1. The third-order valence-corrected chi connectivity index (χ3v) is 4.21. The van der Waals surface area contributed by atoms with Crippen LogP contribution in [0.15, 0.2) is 24.3 Å². The van der Waals surface area contributed by atoms with Gasteiger partial charge < -0.3 is 5.32 Å². The lowest BCUT2D eigenvalue weighted by Crippen LogP contribution is -2.34. The summed E-state index contributed by atoms with van der Waals surface area (Å²) in [5, 5.41) is 3.43. The van der Waals surface area contributed by atoms with Gasteiger partial charge >= 0.3 is 0 Å². The van der Waals surface area contributed by atoms with E-state index in [4.69, 9.17) is 0 Å². The lowest BCUT2D eigenvalue weighted by Gasteiger charge is -2.28. The minimum absolute atomic E-state index is 0.377. The van der Waals surface area contributed by atoms with Gasteiger partial charge in [-0.2, -0.15) is 0 Å². The van der Waals surface area contributed by atoms with Crippen molar-refractivity contribution in [1.82, 2.24) is 5.32 Å². The fourth-order valence-corrected chi connectivity index (χ4v) is 2.90. The molecule has 1 heterocycles. The molecule has 0 amide bonds. The van der Waals surface area contributed by atoms with Crippen LogP contribution in [0.4, 0.5) is 0 Å². The second-order valence-electron chi connectivity index (χ2n) is 5.99. The van der Waals surface area contributed by atoms with E-state index in [1.165, 1.54) is 18.4 Å². The van der Waals surface area contributed by atoms with E-state index in [9.17, 15) is 4.79 Å². The van der Waals surface area contributed by atoms with E-state index in [2.05, 4.69) is 43.4 Å². The van der Waals surface area contributed by atoms with E-state index in [0.29, 0.717) is 24.0 Å². The third kappa shape index (κ3) is 4.46. The van der Waals surface area contributed by atoms with Gasteiger partial charge in [-0.1, -0.05) is 36.8 Å². The summed E-state index contributed by atoms with van der Waals surface area (Å²) >= 11 is 0. The van der Waals surface area contributed by atoms with Gasteiger partial charge in [0, 0.05) is 12.8 Å². The number of ketones is 1. The first kappa shape index (κ1) is 14.3. The highest BCUT2D eigenvalue weighted by Gasteiger charge is 2.21. The van der Waals surface area contributed by atoms with Gasteiger partial charge in [0.25, 0.3) is 0 Å². The summed E-state index contributed by atoms with van der Waals surface area (Å²) in [5.74, 6) is 1.56. The fraction of sp³-hybridized carbons (Fsp3) is 0.588. The summed E-state index contributed by atoms with van der Waals surface area (Å²) in [5.41, 5.74) is 2.39. The summed E-state index contributed by atoms with van der Waals surface area (Å²) in [6.07, 6.45) is 3.83. The van der Waals surface area contributed by atoms with E-state index in [0.717, 1.165) is 25.1 Å². The first-order chi connectivity index (χ1) is 9.15. The number of carbonyl (C=O) groups is 1. The second-order valence-corrected chi connectivity index (χ2v) is 5.99. The van der Waals surface area contributed by atoms with Gasteiger partial charge in [0.2, 0.25) is 0 Å². The topological polar surface area (TPSA) is 29.1 Å². The highest BCUT2D eigenvalue weighted by molar-refractivity contribution is 5.81. The van der Waals surface area contributed by atoms with Gasteiger partial charge in [-0.15, -0.1) is 0 Å². The van der Waals surface area contributed by atoms with E-state index in [1.54, 1.807) is 0 Å². The zero-order valence-corrected chi connectivity index (χ0v) is 12.1. The quantitative estimate of drug-likeness (QED) is 0.880. The summed E-state index contributed by atoms with van der Waals surface area (Å²) in [7, 11) is 0. The number of aryl methyl sites for hydroxylation is 1. The van der Waals surface area contributed by atoms with Gasteiger partial charge in [0.1, 0.15) is 5.78 Å². The van der Waals surface area contributed by atoms with Crippen molar-refractivity contribution in [2.24, 2.45) is 11.8 Å². The molecule has 1 aromatic rings. The fourth-order valence-electron chi connectivity index (χ4n) is 2.90. The molecule has 0 saturated carbocycles. The molecule has 2 rings (SSSR count). The molecular formula is C17H25NO. The summed E-state index contributed by atoms with van der Waals surface area (Å²) in [6.45, 7) is 6.52. The molecule has 104 valence electrons. The molecule has 0 aliphatic carbocycles. The second kappa shape index (κ2) is 6.85. The smallest absolute Gasteiger partial charge is 0.137 e. The van der Waals surface area contributed by atoms with Gasteiger partial charge in [-0.05, 0) is 50.3 Å². The molecule has 2 unspecified atom stereocenters. The maximum atomic E-state index is 12.1. The average Bonchev–Trinajstić information content (AvgIpc) is 2.42. The van der Waals surface area contributed by atoms with Gasteiger partial charge in [-0.25, -0.2) is 0 Å². The van der Waals surface area contributed by atoms with E-state index < -0.39 is 0 Å². The SMILES string of the molecule is Cc1ccc(CC(=O)CC(C)C2CCCNC2)cc1. The molecule has 2 nitrogen and oxygen atoms in total. The minimum atomic E-state index is 0.377. The van der Waals surface area contributed by atoms with E-state index >= 15 is 0 Å². The Bertz CT molecular complexity index is 404. The lowest BCUT2D eigenvalue weighted by atomic mass is 9.83. The number of hydrogen-bond acceptors (Lipinski definition) is 2. The van der Waals surface area contributed by atoms with Crippen LogP contribution in [0, 0.1) is 18.8 Å². The molecule has 0 spiro atoms. The Morgan fingerprint density at radius 3 is 2.74 bits per heavy atom. The number of hydrogen-bond donors (Lipinski definition) is 1. The summed E-state index contributed by atoms with van der Waals surface area (Å²) in [6, 6.07) is 8.30. The molecule has 2 heteroatoms. The normalized spacial score (nSPS) is 21.1. The van der Waals surface area contributed by atoms with Crippen molar-refractivity contribution in [3.05, 3.63) is 35.4 Å². The molecule has 0 radical (unpaired) electrons. The molecule has 0 aromatic heterocycles. The van der Waals surface area contributed by atoms with Crippen LogP contribution in [-0.4, -0.2) is 18.9 Å². The monoisotopic (exact) mass is 259 g/mol. The number of rotatable bonds is 5. The van der Waals surface area contributed by atoms with E-state index in [-0.39, 0.29) is 0 Å². The Morgan fingerprint density at radius 2 is 2.11 bits per heavy atom. The average molecular weight is 259 g/mol. The van der Waals surface area contributed by atoms with Crippen LogP contribution in [0.25, 0.3) is 0 Å². The molecular weight excluding hydrogens is 234 g/mol. The van der Waals surface area contributed by atoms with Gasteiger partial charge in [0.15, 0.2) is 0 Å². The molecule has 1 aliphatic rings. The standard InChI is InChI=1S/C17H25NO/c1-13-5-7-15(8-6-13)11-17(19)10-14(2)16-4-3-9-18-12-16/h5-8,14,16,18H,3-4,9-12H2,1-2H3. The maximum absolute atomic E-state index is 12.1. The highest BCUT2D eigenvalue weighted by Crippen LogP contribution is 2.23. The Morgan fingerprint density at radius 1 is 1.37 bits per heavy atom. The van der Waals surface area contributed by atoms with Crippen molar-refractivity contribution >= 4 is 5.78 Å². The molecule has 1 fully saturated rings. The van der Waals surface area contributed by atoms with Crippen LogP contribution >= 0.6 is 0 Å². The molecule has 19 heavy (non-hydrogen) atoms. The van der Waals surface area contributed by atoms with Crippen molar-refractivity contribution in [2.45, 2.75) is 39.5 Å². The minimum Gasteiger partial charge on any atom is -0.316 e. The zero-order valence-electron chi connectivity index (χ0n) is 12.1. The predicted molar refractivity (Wildman–Crippen MR) is 79.3 cm³/mol. The first-order valence-electron chi connectivity index (χ1n) is 7.43. The lowest BCUT2D eigenvalue weighted by molar-refractivity contribution is -0.119. The summed E-state index contributed by atoms with van der Waals surface area (Å²) < 4.78 is 0. The van der Waals surface area contributed by atoms with Crippen LogP contribution in [0.3, 0.4) is 0 Å². The molecule has 0 bridgehead atoms. The maximum Gasteiger partial charge on any atom is 0.137 e. The van der Waals surface area contributed by atoms with Crippen LogP contribution < -0.4 is 5.32 Å². The van der Waals surface area contributed by atoms with Crippen LogP contribution in [-0.2, 0) is 11.2 Å². The number of carbonyl (C=O) groups excluding carboxylic acids is 1. The number of piperidine rings is 1. The predicted octanol–water partition coefficient (Wildman–Crippen LogP) is 3.13. The highest BCUT2D eigenvalue weighted by atomic mass is 16.1. The molecule has 1 aromatic carbocycles. The van der Waals surface area contributed by atoms with Crippen molar-refractivity contribution < 1.29 is 4.79 Å². The van der Waals surface area contributed by atoms with E-state index in [1.807, 2.05) is 0 Å². The van der Waals surface area contributed by atoms with Crippen LogP contribution in [0.5, 0.6) is 0 Å². The van der Waals surface area contributed by atoms with Crippen molar-refractivity contribution in [2.75, 3.05) is 13.1 Å². The molecule has 1 saturated heterocycles. The molecule has 1 N–H and O–H groups in total. The molecule has 2 atom stereocenters. The first-order valence-corrected chi connectivity index (χ1v) is 7.43. The Balaban J connectivity index is 1.81. The van der Waals surface area contributed by atoms with Gasteiger partial charge in [-0.3, -0.25) is 4.79 Å². The van der Waals surface area contributed by atoms with Crippen molar-refractivity contribution in [3.63, 3.8) is 0 Å². The van der Waals surface area contributed by atoms with Gasteiger partial charge in [0.05, 0.1) is 0 Å². The Labute approximate surface area is 116 Å². The Kier molecular flexibility index (Phi) is 5.15. The molecule has 1 aliphatic heterocycles. The van der Waals surface area contributed by atoms with Crippen LogP contribution in [0.1, 0.15) is 37.3 Å². The largest absolute Gasteiger partial charge is 0.316 e. The Hall–Kier alpha value is -1.15. The number of nitrogens with one attached hydrogen (secondary N) is 1. The number of Topliss-reactive ketones (excluding diaryl/α,β-unsaturated/α-hetero) is 1. The van der Waals surface area contributed by atoms with Crippen molar-refractivity contribution in [1.29, 1.82) is 0 Å². The van der Waals surface area contributed by atoms with Crippen molar-refractivity contribution in [3.8, 4) is 0 Å². The van der Waals surface area contributed by atoms with Crippen LogP contribution in [0.2, 0.25) is 0 Å².